The summed E-state index contributed by atoms with van der Waals surface area (Å²) in [6.45, 7) is 11.8. The minimum atomic E-state index is 0.178. The van der Waals surface area contributed by atoms with E-state index in [0.29, 0.717) is 5.41 Å². The van der Waals surface area contributed by atoms with Gasteiger partial charge in [-0.2, -0.15) is 0 Å². The molecule has 2 rings (SSSR count). The third-order valence-corrected chi connectivity index (χ3v) is 4.21. The van der Waals surface area contributed by atoms with E-state index in [-0.39, 0.29) is 5.54 Å². The topological polar surface area (TPSA) is 21.3 Å². The number of ether oxygens (including phenoxy) is 1. The molecule has 1 heterocycles. The summed E-state index contributed by atoms with van der Waals surface area (Å²) in [7, 11) is 0. The Balaban J connectivity index is 2.10. The molecule has 1 saturated heterocycles. The van der Waals surface area contributed by atoms with Crippen molar-refractivity contribution in [2.75, 3.05) is 19.8 Å². The standard InChI is InChI=1S/C18H29NO/c1-15-6-5-7-16(12-15)13-18(8-10-20-11-9-18)14-19-17(2,3)4/h5-7,12,19H,8-11,13-14H2,1-4H3. The maximum absolute atomic E-state index is 5.59. The van der Waals surface area contributed by atoms with Gasteiger partial charge in [0.25, 0.3) is 0 Å². The minimum absolute atomic E-state index is 0.178. The van der Waals surface area contributed by atoms with Crippen molar-refractivity contribution in [1.82, 2.24) is 5.32 Å². The second-order valence-electron chi connectivity index (χ2n) is 7.38. The van der Waals surface area contributed by atoms with Crippen LogP contribution in [0.25, 0.3) is 0 Å². The third kappa shape index (κ3) is 4.60. The zero-order valence-corrected chi connectivity index (χ0v) is 13.5. The Bertz CT molecular complexity index is 427. The van der Waals surface area contributed by atoms with Crippen molar-refractivity contribution < 1.29 is 4.74 Å². The van der Waals surface area contributed by atoms with Crippen molar-refractivity contribution in [2.45, 2.75) is 52.5 Å². The fourth-order valence-electron chi connectivity index (χ4n) is 2.93. The first-order valence-electron chi connectivity index (χ1n) is 7.77. The maximum atomic E-state index is 5.59. The first kappa shape index (κ1) is 15.5. The number of hydrogen-bond acceptors (Lipinski definition) is 2. The van der Waals surface area contributed by atoms with Crippen LogP contribution in [0.4, 0.5) is 0 Å². The van der Waals surface area contributed by atoms with Gasteiger partial charge in [0.1, 0.15) is 0 Å². The molecule has 2 heteroatoms. The van der Waals surface area contributed by atoms with E-state index in [9.17, 15) is 0 Å². The Morgan fingerprint density at radius 3 is 2.50 bits per heavy atom. The van der Waals surface area contributed by atoms with Crippen LogP contribution in [0, 0.1) is 12.3 Å². The summed E-state index contributed by atoms with van der Waals surface area (Å²) in [5.74, 6) is 0. The highest BCUT2D eigenvalue weighted by Gasteiger charge is 2.33. The molecule has 1 aliphatic rings. The van der Waals surface area contributed by atoms with Crippen LogP contribution >= 0.6 is 0 Å². The number of nitrogens with one attached hydrogen (secondary N) is 1. The van der Waals surface area contributed by atoms with Gasteiger partial charge in [0.15, 0.2) is 0 Å². The molecule has 0 unspecified atom stereocenters. The molecule has 1 fully saturated rings. The Morgan fingerprint density at radius 2 is 1.90 bits per heavy atom. The summed E-state index contributed by atoms with van der Waals surface area (Å²) in [6.07, 6.45) is 3.47. The summed E-state index contributed by atoms with van der Waals surface area (Å²) in [4.78, 5) is 0. The molecule has 0 saturated carbocycles. The van der Waals surface area contributed by atoms with Gasteiger partial charge in [-0.15, -0.1) is 0 Å². The largest absolute Gasteiger partial charge is 0.381 e. The maximum Gasteiger partial charge on any atom is 0.0471 e. The number of rotatable bonds is 4. The zero-order chi connectivity index (χ0) is 14.6. The highest BCUT2D eigenvalue weighted by atomic mass is 16.5. The molecule has 0 atom stereocenters. The second-order valence-corrected chi connectivity index (χ2v) is 7.38. The molecule has 1 aromatic rings. The van der Waals surface area contributed by atoms with Crippen molar-refractivity contribution in [2.24, 2.45) is 5.41 Å². The lowest BCUT2D eigenvalue weighted by Crippen LogP contribution is -2.47. The molecule has 0 bridgehead atoms. The van der Waals surface area contributed by atoms with E-state index in [0.717, 1.165) is 39.0 Å². The van der Waals surface area contributed by atoms with Crippen LogP contribution < -0.4 is 5.32 Å². The van der Waals surface area contributed by atoms with Gasteiger partial charge in [-0.3, -0.25) is 0 Å². The Hall–Kier alpha value is -0.860. The van der Waals surface area contributed by atoms with E-state index in [1.807, 2.05) is 0 Å². The molecular formula is C18H29NO. The van der Waals surface area contributed by atoms with Gasteiger partial charge >= 0.3 is 0 Å². The van der Waals surface area contributed by atoms with Crippen LogP contribution in [-0.2, 0) is 11.2 Å². The summed E-state index contributed by atoms with van der Waals surface area (Å²) < 4.78 is 5.59. The quantitative estimate of drug-likeness (QED) is 0.904. The highest BCUT2D eigenvalue weighted by molar-refractivity contribution is 5.23. The van der Waals surface area contributed by atoms with E-state index < -0.39 is 0 Å². The highest BCUT2D eigenvalue weighted by Crippen LogP contribution is 2.34. The van der Waals surface area contributed by atoms with Crippen LogP contribution in [-0.4, -0.2) is 25.3 Å². The van der Waals surface area contributed by atoms with Crippen LogP contribution in [0.5, 0.6) is 0 Å². The Morgan fingerprint density at radius 1 is 1.20 bits per heavy atom. The summed E-state index contributed by atoms with van der Waals surface area (Å²) in [5, 5.41) is 3.71. The third-order valence-electron chi connectivity index (χ3n) is 4.21. The molecule has 2 nitrogen and oxygen atoms in total. The summed E-state index contributed by atoms with van der Waals surface area (Å²) >= 11 is 0. The average Bonchev–Trinajstić information content (AvgIpc) is 2.37. The molecule has 20 heavy (non-hydrogen) atoms. The molecule has 112 valence electrons. The fraction of sp³-hybridized carbons (Fsp3) is 0.667. The molecule has 1 N–H and O–H groups in total. The summed E-state index contributed by atoms with van der Waals surface area (Å²) in [5.41, 5.74) is 3.34. The first-order chi connectivity index (χ1) is 9.39. The van der Waals surface area contributed by atoms with Gasteiger partial charge in [-0.1, -0.05) is 29.8 Å². The van der Waals surface area contributed by atoms with Crippen molar-refractivity contribution in [3.05, 3.63) is 35.4 Å². The van der Waals surface area contributed by atoms with E-state index in [4.69, 9.17) is 4.74 Å². The number of hydrogen-bond donors (Lipinski definition) is 1. The van der Waals surface area contributed by atoms with Crippen LogP contribution in [0.1, 0.15) is 44.7 Å². The molecule has 0 aliphatic carbocycles. The molecule has 0 amide bonds. The lowest BCUT2D eigenvalue weighted by atomic mass is 9.74. The molecule has 0 radical (unpaired) electrons. The normalized spacial score (nSPS) is 19.0. The SMILES string of the molecule is Cc1cccc(CC2(CNC(C)(C)C)CCOCC2)c1. The van der Waals surface area contributed by atoms with Gasteiger partial charge in [0.2, 0.25) is 0 Å². The Kier molecular flexibility index (Phi) is 4.87. The first-order valence-corrected chi connectivity index (χ1v) is 7.77. The molecular weight excluding hydrogens is 246 g/mol. The zero-order valence-electron chi connectivity index (χ0n) is 13.5. The van der Waals surface area contributed by atoms with E-state index in [1.165, 1.54) is 11.1 Å². The van der Waals surface area contributed by atoms with Crippen molar-refractivity contribution in [1.29, 1.82) is 0 Å². The van der Waals surface area contributed by atoms with Gasteiger partial charge in [0.05, 0.1) is 0 Å². The number of aryl methyl sites for hydroxylation is 1. The predicted molar refractivity (Wildman–Crippen MR) is 85.1 cm³/mol. The van der Waals surface area contributed by atoms with E-state index in [2.05, 4.69) is 57.3 Å². The van der Waals surface area contributed by atoms with E-state index >= 15 is 0 Å². The van der Waals surface area contributed by atoms with Gasteiger partial charge < -0.3 is 10.1 Å². The lowest BCUT2D eigenvalue weighted by molar-refractivity contribution is 0.0121. The minimum Gasteiger partial charge on any atom is -0.381 e. The molecule has 1 aromatic carbocycles. The predicted octanol–water partition coefficient (Wildman–Crippen LogP) is 3.72. The molecule has 1 aliphatic heterocycles. The molecule has 0 aromatic heterocycles. The number of benzene rings is 1. The lowest BCUT2D eigenvalue weighted by Gasteiger charge is -2.40. The fourth-order valence-corrected chi connectivity index (χ4v) is 2.93. The monoisotopic (exact) mass is 275 g/mol. The molecule has 0 spiro atoms. The van der Waals surface area contributed by atoms with Gasteiger partial charge in [0, 0.05) is 25.3 Å². The van der Waals surface area contributed by atoms with Crippen molar-refractivity contribution in [3.8, 4) is 0 Å². The van der Waals surface area contributed by atoms with Crippen LogP contribution in [0.2, 0.25) is 0 Å². The van der Waals surface area contributed by atoms with Crippen molar-refractivity contribution in [3.63, 3.8) is 0 Å². The van der Waals surface area contributed by atoms with Crippen LogP contribution in [0.15, 0.2) is 24.3 Å². The van der Waals surface area contributed by atoms with Gasteiger partial charge in [-0.05, 0) is 57.9 Å². The summed E-state index contributed by atoms with van der Waals surface area (Å²) in [6, 6.07) is 8.94. The Labute approximate surface area is 123 Å². The smallest absolute Gasteiger partial charge is 0.0471 e. The second kappa shape index (κ2) is 6.28. The van der Waals surface area contributed by atoms with Crippen molar-refractivity contribution >= 4 is 0 Å². The average molecular weight is 275 g/mol. The van der Waals surface area contributed by atoms with Crippen LogP contribution in [0.3, 0.4) is 0 Å². The van der Waals surface area contributed by atoms with Gasteiger partial charge in [-0.25, -0.2) is 0 Å². The van der Waals surface area contributed by atoms with E-state index in [1.54, 1.807) is 0 Å².